The highest BCUT2D eigenvalue weighted by atomic mass is 32.1. The molecule has 0 aliphatic carbocycles. The molecule has 0 fully saturated rings. The maximum Gasteiger partial charge on any atom is 0.326 e. The molecule has 1 aliphatic rings. The maximum atomic E-state index is 12.3. The fraction of sp³-hybridized carbons (Fsp3) is 0.133. The Morgan fingerprint density at radius 3 is 2.68 bits per heavy atom. The molecule has 2 aromatic carbocycles. The summed E-state index contributed by atoms with van der Waals surface area (Å²) >= 11 is 4.34. The van der Waals surface area contributed by atoms with E-state index < -0.39 is 0 Å². The molecule has 0 aromatic heterocycles. The van der Waals surface area contributed by atoms with E-state index in [1.165, 1.54) is 5.56 Å². The van der Waals surface area contributed by atoms with Gasteiger partial charge in [0.1, 0.15) is 0 Å². The van der Waals surface area contributed by atoms with Gasteiger partial charge in [-0.1, -0.05) is 30.3 Å². The number of thiol groups is 1. The second-order valence-electron chi connectivity index (χ2n) is 4.48. The van der Waals surface area contributed by atoms with Crippen molar-refractivity contribution in [3.8, 4) is 0 Å². The zero-order valence-corrected chi connectivity index (χ0v) is 11.2. The van der Waals surface area contributed by atoms with Gasteiger partial charge in [-0.25, -0.2) is 4.79 Å². The van der Waals surface area contributed by atoms with Crippen molar-refractivity contribution in [1.29, 1.82) is 0 Å². The van der Waals surface area contributed by atoms with Crippen LogP contribution in [0.5, 0.6) is 0 Å². The fourth-order valence-corrected chi connectivity index (χ4v) is 2.53. The highest BCUT2D eigenvalue weighted by Crippen LogP contribution is 2.28. The molecule has 19 heavy (non-hydrogen) atoms. The topological polar surface area (TPSA) is 32.3 Å². The molecule has 2 aromatic rings. The van der Waals surface area contributed by atoms with Crippen molar-refractivity contribution < 1.29 is 4.79 Å². The lowest BCUT2D eigenvalue weighted by Gasteiger charge is -2.18. The van der Waals surface area contributed by atoms with Gasteiger partial charge in [-0.15, -0.1) is 12.6 Å². The Balaban J connectivity index is 1.81. The summed E-state index contributed by atoms with van der Waals surface area (Å²) in [5, 5.41) is 2.90. The molecular formula is C15H14N2OS. The maximum absolute atomic E-state index is 12.3. The van der Waals surface area contributed by atoms with Gasteiger partial charge in [0, 0.05) is 17.1 Å². The van der Waals surface area contributed by atoms with Crippen molar-refractivity contribution in [1.82, 2.24) is 0 Å². The summed E-state index contributed by atoms with van der Waals surface area (Å²) in [7, 11) is 0. The molecule has 4 heteroatoms. The summed E-state index contributed by atoms with van der Waals surface area (Å²) < 4.78 is 0. The molecule has 3 rings (SSSR count). The minimum atomic E-state index is -0.105. The average Bonchev–Trinajstić information content (AvgIpc) is 2.85. The number of nitrogens with zero attached hydrogens (tertiary/aromatic N) is 1. The first-order valence-corrected chi connectivity index (χ1v) is 6.65. The lowest BCUT2D eigenvalue weighted by Crippen LogP contribution is -2.33. The van der Waals surface area contributed by atoms with Crippen LogP contribution < -0.4 is 10.2 Å². The van der Waals surface area contributed by atoms with E-state index >= 15 is 0 Å². The third kappa shape index (κ3) is 2.31. The van der Waals surface area contributed by atoms with E-state index in [1.807, 2.05) is 42.5 Å². The highest BCUT2D eigenvalue weighted by Gasteiger charge is 2.24. The van der Waals surface area contributed by atoms with Crippen LogP contribution in [0.15, 0.2) is 53.4 Å². The van der Waals surface area contributed by atoms with Crippen molar-refractivity contribution in [2.75, 3.05) is 16.8 Å². The first kappa shape index (κ1) is 12.1. The van der Waals surface area contributed by atoms with Gasteiger partial charge < -0.3 is 5.32 Å². The Morgan fingerprint density at radius 1 is 1.11 bits per heavy atom. The van der Waals surface area contributed by atoms with Crippen LogP contribution in [0.4, 0.5) is 16.2 Å². The molecule has 0 saturated carbocycles. The Hall–Kier alpha value is -1.94. The van der Waals surface area contributed by atoms with E-state index in [1.54, 1.807) is 4.90 Å². The molecule has 1 aliphatic heterocycles. The number of urea groups is 1. The van der Waals surface area contributed by atoms with E-state index in [0.717, 1.165) is 29.2 Å². The molecule has 96 valence electrons. The molecule has 0 unspecified atom stereocenters. The summed E-state index contributed by atoms with van der Waals surface area (Å²) in [5.41, 5.74) is 2.95. The second kappa shape index (κ2) is 4.97. The number of anilines is 2. The number of benzene rings is 2. The molecule has 0 spiro atoms. The standard InChI is InChI=1S/C15H14N2OS/c18-15(16-12-6-2-4-8-14(12)19)17-10-9-11-5-1-3-7-13(11)17/h1-8,19H,9-10H2,(H,16,18). The van der Waals surface area contributed by atoms with Crippen molar-refractivity contribution in [3.63, 3.8) is 0 Å². The number of carbonyl (C=O) groups excluding carboxylic acids is 1. The molecule has 1 N–H and O–H groups in total. The number of nitrogens with one attached hydrogen (secondary N) is 1. The number of fused-ring (bicyclic) bond motifs is 1. The van der Waals surface area contributed by atoms with Crippen molar-refractivity contribution in [2.24, 2.45) is 0 Å². The first-order valence-electron chi connectivity index (χ1n) is 6.20. The van der Waals surface area contributed by atoms with Crippen LogP contribution in [-0.2, 0) is 6.42 Å². The lowest BCUT2D eigenvalue weighted by atomic mass is 10.2. The van der Waals surface area contributed by atoms with Gasteiger partial charge in [-0.2, -0.15) is 0 Å². The normalized spacial score (nSPS) is 13.2. The van der Waals surface area contributed by atoms with Crippen molar-refractivity contribution in [2.45, 2.75) is 11.3 Å². The van der Waals surface area contributed by atoms with Gasteiger partial charge in [0.25, 0.3) is 0 Å². The third-order valence-corrected chi connectivity index (χ3v) is 3.67. The van der Waals surface area contributed by atoms with Crippen LogP contribution in [0.3, 0.4) is 0 Å². The number of rotatable bonds is 1. The van der Waals surface area contributed by atoms with Crippen LogP contribution in [0.25, 0.3) is 0 Å². The molecule has 3 nitrogen and oxygen atoms in total. The summed E-state index contributed by atoms with van der Waals surface area (Å²) in [6.07, 6.45) is 0.909. The van der Waals surface area contributed by atoms with Crippen molar-refractivity contribution in [3.05, 3.63) is 54.1 Å². The minimum Gasteiger partial charge on any atom is -0.306 e. The molecule has 1 heterocycles. The molecule has 0 radical (unpaired) electrons. The van der Waals surface area contributed by atoms with E-state index in [0.29, 0.717) is 0 Å². The molecule has 0 bridgehead atoms. The van der Waals surface area contributed by atoms with E-state index in [2.05, 4.69) is 24.0 Å². The van der Waals surface area contributed by atoms with Crippen molar-refractivity contribution >= 4 is 30.0 Å². The van der Waals surface area contributed by atoms with Gasteiger partial charge in [0.2, 0.25) is 0 Å². The third-order valence-electron chi connectivity index (χ3n) is 3.28. The number of para-hydroxylation sites is 2. The predicted octanol–water partition coefficient (Wildman–Crippen LogP) is 3.57. The zero-order valence-electron chi connectivity index (χ0n) is 10.3. The zero-order chi connectivity index (χ0) is 13.2. The van der Waals surface area contributed by atoms with Gasteiger partial charge in [0.15, 0.2) is 0 Å². The Bertz CT molecular complexity index is 627. The first-order chi connectivity index (χ1) is 9.25. The van der Waals surface area contributed by atoms with Gasteiger partial charge >= 0.3 is 6.03 Å². The lowest BCUT2D eigenvalue weighted by molar-refractivity contribution is 0.257. The molecular weight excluding hydrogens is 256 g/mol. The Kier molecular flexibility index (Phi) is 3.17. The van der Waals surface area contributed by atoms with Crippen LogP contribution in [0.1, 0.15) is 5.56 Å². The number of amides is 2. The smallest absolute Gasteiger partial charge is 0.306 e. The summed E-state index contributed by atoms with van der Waals surface area (Å²) in [6.45, 7) is 0.722. The SMILES string of the molecule is O=C(Nc1ccccc1S)N1CCc2ccccc21. The van der Waals surface area contributed by atoms with Crippen LogP contribution in [-0.4, -0.2) is 12.6 Å². The van der Waals surface area contributed by atoms with Gasteiger partial charge in [-0.05, 0) is 30.2 Å². The highest BCUT2D eigenvalue weighted by molar-refractivity contribution is 7.80. The summed E-state index contributed by atoms with van der Waals surface area (Å²) in [6, 6.07) is 15.4. The van der Waals surface area contributed by atoms with E-state index in [-0.39, 0.29) is 6.03 Å². The summed E-state index contributed by atoms with van der Waals surface area (Å²) in [5.74, 6) is 0. The Labute approximate surface area is 117 Å². The van der Waals surface area contributed by atoms with Crippen LogP contribution >= 0.6 is 12.6 Å². The average molecular weight is 270 g/mol. The summed E-state index contributed by atoms with van der Waals surface area (Å²) in [4.78, 5) is 14.9. The number of hydrogen-bond acceptors (Lipinski definition) is 2. The largest absolute Gasteiger partial charge is 0.326 e. The quantitative estimate of drug-likeness (QED) is 0.763. The minimum absolute atomic E-state index is 0.105. The van der Waals surface area contributed by atoms with Crippen LogP contribution in [0.2, 0.25) is 0 Å². The molecule has 0 saturated heterocycles. The predicted molar refractivity (Wildman–Crippen MR) is 80.2 cm³/mol. The second-order valence-corrected chi connectivity index (χ2v) is 4.96. The van der Waals surface area contributed by atoms with E-state index in [9.17, 15) is 4.79 Å². The monoisotopic (exact) mass is 270 g/mol. The van der Waals surface area contributed by atoms with Gasteiger partial charge in [0.05, 0.1) is 5.69 Å². The Morgan fingerprint density at radius 2 is 1.84 bits per heavy atom. The molecule has 2 amide bonds. The van der Waals surface area contributed by atoms with Crippen LogP contribution in [0, 0.1) is 0 Å². The fourth-order valence-electron chi connectivity index (χ4n) is 2.31. The van der Waals surface area contributed by atoms with E-state index in [4.69, 9.17) is 0 Å². The number of hydrogen-bond donors (Lipinski definition) is 2. The molecule has 0 atom stereocenters. The van der Waals surface area contributed by atoms with Gasteiger partial charge in [-0.3, -0.25) is 4.90 Å². The number of carbonyl (C=O) groups is 1.